The number of amides is 3. The highest BCUT2D eigenvalue weighted by Crippen LogP contribution is 2.29. The number of aliphatic carboxylic acids is 1. The molecule has 3 N–H and O–H groups in total. The number of nitrogens with zero attached hydrogens (tertiary/aromatic N) is 1. The number of hydrogen-bond donors (Lipinski definition) is 3. The van der Waals surface area contributed by atoms with Crippen LogP contribution in [0, 0.1) is 0 Å². The van der Waals surface area contributed by atoms with Gasteiger partial charge in [0.25, 0.3) is 5.91 Å². The molecule has 0 aliphatic carbocycles. The van der Waals surface area contributed by atoms with Gasteiger partial charge in [-0.15, -0.1) is 0 Å². The molecule has 2 heterocycles. The third-order valence-electron chi connectivity index (χ3n) is 3.09. The van der Waals surface area contributed by atoms with E-state index in [1.807, 2.05) is 0 Å². The lowest BCUT2D eigenvalue weighted by molar-refractivity contribution is -0.140. The Morgan fingerprint density at radius 3 is 2.80 bits per heavy atom. The van der Waals surface area contributed by atoms with E-state index in [4.69, 9.17) is 9.52 Å². The summed E-state index contributed by atoms with van der Waals surface area (Å²) in [5, 5.41) is 20.6. The maximum atomic E-state index is 12.3. The number of imide groups is 1. The summed E-state index contributed by atoms with van der Waals surface area (Å²) in [5.74, 6) is -1.54. The lowest BCUT2D eigenvalue weighted by atomic mass is 9.99. The second kappa shape index (κ2) is 4.97. The van der Waals surface area contributed by atoms with Gasteiger partial charge < -0.3 is 19.9 Å². The van der Waals surface area contributed by atoms with Crippen LogP contribution in [0.2, 0.25) is 0 Å². The molecule has 8 nitrogen and oxygen atoms in total. The molecule has 8 heteroatoms. The smallest absolute Gasteiger partial charge is 0.325 e. The summed E-state index contributed by atoms with van der Waals surface area (Å²) in [6, 6.07) is 2.44. The molecular weight excluding hydrogens is 268 g/mol. The molecule has 1 aromatic rings. The number of furan rings is 1. The molecule has 2 rings (SSSR count). The number of urea groups is 1. The number of rotatable bonds is 5. The molecule has 1 aliphatic rings. The first-order valence-electron chi connectivity index (χ1n) is 5.92. The third-order valence-corrected chi connectivity index (χ3v) is 3.09. The van der Waals surface area contributed by atoms with Gasteiger partial charge in [0.1, 0.15) is 5.76 Å². The Hall–Kier alpha value is -2.35. The number of nitrogens with one attached hydrogen (secondary N) is 1. The summed E-state index contributed by atoms with van der Waals surface area (Å²) in [6.45, 7) is 1.10. The highest BCUT2D eigenvalue weighted by molar-refractivity contribution is 6.06. The highest BCUT2D eigenvalue weighted by atomic mass is 16.4. The zero-order valence-corrected chi connectivity index (χ0v) is 10.7. The maximum Gasteiger partial charge on any atom is 0.325 e. The summed E-state index contributed by atoms with van der Waals surface area (Å²) in [5.41, 5.74) is -1.34. The van der Waals surface area contributed by atoms with Gasteiger partial charge in [-0.1, -0.05) is 0 Å². The standard InChI is InChI=1S/C12H14N2O6/c1-12(8-3-2-4-20-8)10(18)14(11(19)13-12)6-7(15)5-9(16)17/h2-4,7,15H,5-6H2,1H3,(H,13,19)(H,16,17). The van der Waals surface area contributed by atoms with Crippen molar-refractivity contribution in [2.24, 2.45) is 0 Å². The van der Waals surface area contributed by atoms with E-state index in [9.17, 15) is 19.5 Å². The Balaban J connectivity index is 2.15. The zero-order chi connectivity index (χ0) is 14.9. The summed E-state index contributed by atoms with van der Waals surface area (Å²) in [7, 11) is 0. The van der Waals surface area contributed by atoms with Crippen LogP contribution in [0.3, 0.4) is 0 Å². The van der Waals surface area contributed by atoms with E-state index in [1.54, 1.807) is 12.1 Å². The molecular formula is C12H14N2O6. The minimum atomic E-state index is -1.34. The number of β-amino-alcohol motifs (C(OH)–C–C–N with tert-alkyl or cyclic N) is 1. The number of carboxylic acids is 1. The SMILES string of the molecule is CC1(c2ccco2)NC(=O)N(CC(O)CC(=O)O)C1=O. The van der Waals surface area contributed by atoms with Gasteiger partial charge in [-0.3, -0.25) is 14.5 Å². The van der Waals surface area contributed by atoms with Crippen LogP contribution >= 0.6 is 0 Å². The molecule has 2 atom stereocenters. The number of carbonyl (C=O) groups excluding carboxylic acids is 2. The number of hydrogen-bond acceptors (Lipinski definition) is 5. The molecule has 0 radical (unpaired) electrons. The van der Waals surface area contributed by atoms with Crippen molar-refractivity contribution in [1.29, 1.82) is 0 Å². The average Bonchev–Trinajstić information content (AvgIpc) is 2.93. The monoisotopic (exact) mass is 282 g/mol. The molecule has 1 saturated heterocycles. The lowest BCUT2D eigenvalue weighted by Crippen LogP contribution is -2.42. The van der Waals surface area contributed by atoms with Gasteiger partial charge in [-0.2, -0.15) is 0 Å². The van der Waals surface area contributed by atoms with Gasteiger partial charge in [-0.05, 0) is 19.1 Å². The van der Waals surface area contributed by atoms with Crippen LogP contribution in [0.15, 0.2) is 22.8 Å². The first kappa shape index (κ1) is 14.1. The van der Waals surface area contributed by atoms with Crippen molar-refractivity contribution in [2.75, 3.05) is 6.54 Å². The Bertz CT molecular complexity index is 540. The van der Waals surface area contributed by atoms with Crippen molar-refractivity contribution in [1.82, 2.24) is 10.2 Å². The fourth-order valence-electron chi connectivity index (χ4n) is 2.07. The van der Waals surface area contributed by atoms with Crippen molar-refractivity contribution in [2.45, 2.75) is 25.0 Å². The molecule has 1 aromatic heterocycles. The average molecular weight is 282 g/mol. The quantitative estimate of drug-likeness (QED) is 0.648. The van der Waals surface area contributed by atoms with Crippen LogP contribution in [-0.2, 0) is 15.1 Å². The fourth-order valence-corrected chi connectivity index (χ4v) is 2.07. The predicted octanol–water partition coefficient (Wildman–Crippen LogP) is -0.118. The van der Waals surface area contributed by atoms with Crippen molar-refractivity contribution < 1.29 is 29.0 Å². The summed E-state index contributed by atoms with van der Waals surface area (Å²) in [6.07, 6.45) is -0.489. The first-order valence-corrected chi connectivity index (χ1v) is 5.92. The normalized spacial score (nSPS) is 23.8. The molecule has 0 spiro atoms. The Morgan fingerprint density at radius 1 is 1.55 bits per heavy atom. The number of carboxylic acid groups (broad SMARTS) is 1. The minimum absolute atomic E-state index is 0.270. The van der Waals surface area contributed by atoms with Crippen LogP contribution in [0.5, 0.6) is 0 Å². The minimum Gasteiger partial charge on any atom is -0.481 e. The highest BCUT2D eigenvalue weighted by Gasteiger charge is 2.51. The van der Waals surface area contributed by atoms with E-state index in [2.05, 4.69) is 5.32 Å². The fraction of sp³-hybridized carbons (Fsp3) is 0.417. The Labute approximate surface area is 114 Å². The summed E-state index contributed by atoms with van der Waals surface area (Å²) >= 11 is 0. The van der Waals surface area contributed by atoms with Gasteiger partial charge in [0.2, 0.25) is 0 Å². The molecule has 0 saturated carbocycles. The molecule has 3 amide bonds. The lowest BCUT2D eigenvalue weighted by Gasteiger charge is -2.20. The van der Waals surface area contributed by atoms with Gasteiger partial charge >= 0.3 is 12.0 Å². The second-order valence-electron chi connectivity index (χ2n) is 4.70. The number of aliphatic hydroxyl groups excluding tert-OH is 1. The van der Waals surface area contributed by atoms with Crippen LogP contribution in [0.1, 0.15) is 19.1 Å². The van der Waals surface area contributed by atoms with Gasteiger partial charge in [0, 0.05) is 0 Å². The van der Waals surface area contributed by atoms with E-state index in [0.717, 1.165) is 4.90 Å². The Morgan fingerprint density at radius 2 is 2.25 bits per heavy atom. The Kier molecular flexibility index (Phi) is 3.49. The predicted molar refractivity (Wildman–Crippen MR) is 64.6 cm³/mol. The number of carbonyl (C=O) groups is 3. The molecule has 0 bridgehead atoms. The molecule has 1 aliphatic heterocycles. The summed E-state index contributed by atoms with van der Waals surface area (Å²) in [4.78, 5) is 35.4. The third kappa shape index (κ3) is 2.37. The van der Waals surface area contributed by atoms with Crippen LogP contribution in [-0.4, -0.2) is 45.7 Å². The molecule has 108 valence electrons. The van der Waals surface area contributed by atoms with Crippen LogP contribution in [0.25, 0.3) is 0 Å². The van der Waals surface area contributed by atoms with Crippen LogP contribution in [0.4, 0.5) is 4.79 Å². The van der Waals surface area contributed by atoms with E-state index in [1.165, 1.54) is 13.2 Å². The number of aliphatic hydroxyl groups is 1. The van der Waals surface area contributed by atoms with E-state index in [0.29, 0.717) is 0 Å². The van der Waals surface area contributed by atoms with E-state index in [-0.39, 0.29) is 12.3 Å². The van der Waals surface area contributed by atoms with Crippen molar-refractivity contribution >= 4 is 17.9 Å². The zero-order valence-electron chi connectivity index (χ0n) is 10.7. The van der Waals surface area contributed by atoms with Crippen molar-refractivity contribution in [3.05, 3.63) is 24.2 Å². The molecule has 20 heavy (non-hydrogen) atoms. The van der Waals surface area contributed by atoms with Gasteiger partial charge in [0.05, 0.1) is 25.3 Å². The van der Waals surface area contributed by atoms with E-state index >= 15 is 0 Å². The van der Waals surface area contributed by atoms with Gasteiger partial charge in [-0.25, -0.2) is 4.79 Å². The van der Waals surface area contributed by atoms with Crippen molar-refractivity contribution in [3.8, 4) is 0 Å². The summed E-state index contributed by atoms with van der Waals surface area (Å²) < 4.78 is 5.14. The second-order valence-corrected chi connectivity index (χ2v) is 4.70. The maximum absolute atomic E-state index is 12.3. The van der Waals surface area contributed by atoms with Crippen LogP contribution < -0.4 is 5.32 Å². The topological polar surface area (TPSA) is 120 Å². The molecule has 1 fully saturated rings. The molecule has 0 aromatic carbocycles. The van der Waals surface area contributed by atoms with Crippen molar-refractivity contribution in [3.63, 3.8) is 0 Å². The molecule has 2 unspecified atom stereocenters. The van der Waals surface area contributed by atoms with Gasteiger partial charge in [0.15, 0.2) is 5.54 Å². The first-order chi connectivity index (χ1) is 9.34. The van der Waals surface area contributed by atoms with E-state index < -0.39 is 36.0 Å². The largest absolute Gasteiger partial charge is 0.481 e.